The van der Waals surface area contributed by atoms with Gasteiger partial charge in [0.25, 0.3) is 0 Å². The maximum Gasteiger partial charge on any atom is 0.172 e. The van der Waals surface area contributed by atoms with Crippen LogP contribution in [0, 0.1) is 6.26 Å². The monoisotopic (exact) mass is 157 g/mol. The molecule has 1 radical (unpaired) electrons. The molecule has 12 heavy (non-hydrogen) atoms. The van der Waals surface area contributed by atoms with Crippen molar-refractivity contribution in [3.63, 3.8) is 0 Å². The molecule has 0 aliphatic carbocycles. The Hall–Kier alpha value is -1.50. The molecule has 59 valence electrons. The summed E-state index contributed by atoms with van der Waals surface area (Å²) in [6.07, 6.45) is 5.36. The van der Waals surface area contributed by atoms with Gasteiger partial charge < -0.3 is 4.42 Å². The topological polar surface area (TPSA) is 13.1 Å². The van der Waals surface area contributed by atoms with Gasteiger partial charge in [0.2, 0.25) is 0 Å². The van der Waals surface area contributed by atoms with Crippen molar-refractivity contribution in [3.8, 4) is 0 Å². The van der Waals surface area contributed by atoms with Crippen molar-refractivity contribution in [1.82, 2.24) is 0 Å². The van der Waals surface area contributed by atoms with Crippen LogP contribution in [0.1, 0.15) is 11.1 Å². The average molecular weight is 157 g/mol. The fourth-order valence-corrected chi connectivity index (χ4v) is 1.17. The minimum Gasteiger partial charge on any atom is -0.461 e. The Morgan fingerprint density at radius 3 is 2.58 bits per heavy atom. The Morgan fingerprint density at radius 1 is 1.08 bits per heavy atom. The van der Waals surface area contributed by atoms with E-state index < -0.39 is 0 Å². The van der Waals surface area contributed by atoms with E-state index in [0.717, 1.165) is 12.0 Å². The lowest BCUT2D eigenvalue weighted by molar-refractivity contribution is 0.555. The predicted octanol–water partition coefficient (Wildman–Crippen LogP) is 2.67. The molecular formula is C11H9O. The van der Waals surface area contributed by atoms with Gasteiger partial charge in [-0.15, -0.1) is 0 Å². The third kappa shape index (κ3) is 1.56. The van der Waals surface area contributed by atoms with Crippen LogP contribution in [0.4, 0.5) is 0 Å². The summed E-state index contributed by atoms with van der Waals surface area (Å²) in [7, 11) is 0. The van der Waals surface area contributed by atoms with Crippen molar-refractivity contribution in [2.45, 2.75) is 6.42 Å². The second kappa shape index (κ2) is 3.26. The van der Waals surface area contributed by atoms with Gasteiger partial charge in [0.1, 0.15) is 0 Å². The van der Waals surface area contributed by atoms with Crippen molar-refractivity contribution >= 4 is 0 Å². The number of hydrogen-bond acceptors (Lipinski definition) is 1. The highest BCUT2D eigenvalue weighted by Gasteiger charge is 1.95. The molecule has 2 aromatic rings. The zero-order valence-corrected chi connectivity index (χ0v) is 6.66. The van der Waals surface area contributed by atoms with Crippen molar-refractivity contribution in [2.24, 2.45) is 0 Å². The van der Waals surface area contributed by atoms with Crippen LogP contribution in [-0.2, 0) is 6.42 Å². The largest absolute Gasteiger partial charge is 0.461 e. The van der Waals surface area contributed by atoms with Crippen molar-refractivity contribution in [3.05, 3.63) is 60.1 Å². The van der Waals surface area contributed by atoms with Crippen LogP contribution < -0.4 is 0 Å². The zero-order chi connectivity index (χ0) is 8.23. The summed E-state index contributed by atoms with van der Waals surface area (Å²) in [4.78, 5) is 0. The summed E-state index contributed by atoms with van der Waals surface area (Å²) in [6, 6.07) is 12.2. The molecule has 0 unspecified atom stereocenters. The second-order valence-corrected chi connectivity index (χ2v) is 2.71. The maximum absolute atomic E-state index is 4.86. The smallest absolute Gasteiger partial charge is 0.172 e. The molecule has 0 fully saturated rings. The van der Waals surface area contributed by atoms with E-state index in [1.54, 1.807) is 6.26 Å². The highest BCUT2D eigenvalue weighted by atomic mass is 16.3. The quantitative estimate of drug-likeness (QED) is 0.653. The molecule has 1 aromatic carbocycles. The summed E-state index contributed by atoms with van der Waals surface area (Å²) in [5, 5.41) is 0. The van der Waals surface area contributed by atoms with Crippen LogP contribution in [0.15, 0.2) is 47.1 Å². The molecule has 1 heteroatoms. The van der Waals surface area contributed by atoms with E-state index in [1.807, 2.05) is 24.3 Å². The Balaban J connectivity index is 2.15. The van der Waals surface area contributed by atoms with E-state index in [4.69, 9.17) is 4.42 Å². The van der Waals surface area contributed by atoms with E-state index in [1.165, 1.54) is 5.56 Å². The lowest BCUT2D eigenvalue weighted by Crippen LogP contribution is -1.83. The molecule has 0 spiro atoms. The molecule has 2 rings (SSSR count). The van der Waals surface area contributed by atoms with E-state index in [-0.39, 0.29) is 0 Å². The summed E-state index contributed by atoms with van der Waals surface area (Å²) in [6.45, 7) is 0. The molecule has 0 aliphatic rings. The first-order valence-corrected chi connectivity index (χ1v) is 3.93. The van der Waals surface area contributed by atoms with Gasteiger partial charge in [0.15, 0.2) is 6.26 Å². The standard InChI is InChI=1S/C11H9O/c1-2-4-10(5-3-1)8-11-6-7-12-9-11/h1-7H,8H2. The van der Waals surface area contributed by atoms with Gasteiger partial charge in [-0.1, -0.05) is 30.3 Å². The van der Waals surface area contributed by atoms with Crippen LogP contribution >= 0.6 is 0 Å². The van der Waals surface area contributed by atoms with E-state index >= 15 is 0 Å². The highest BCUT2D eigenvalue weighted by molar-refractivity contribution is 5.22. The minimum absolute atomic E-state index is 0.900. The zero-order valence-electron chi connectivity index (χ0n) is 6.66. The van der Waals surface area contributed by atoms with Crippen molar-refractivity contribution in [1.29, 1.82) is 0 Å². The van der Waals surface area contributed by atoms with Crippen LogP contribution in [0.2, 0.25) is 0 Å². The second-order valence-electron chi connectivity index (χ2n) is 2.71. The predicted molar refractivity (Wildman–Crippen MR) is 46.8 cm³/mol. The summed E-state index contributed by atoms with van der Waals surface area (Å²) < 4.78 is 4.86. The lowest BCUT2D eigenvalue weighted by Gasteiger charge is -1.95. The van der Waals surface area contributed by atoms with Gasteiger partial charge in [-0.25, -0.2) is 0 Å². The Bertz CT molecular complexity index is 321. The molecule has 0 amide bonds. The van der Waals surface area contributed by atoms with Crippen LogP contribution in [0.3, 0.4) is 0 Å². The van der Waals surface area contributed by atoms with Crippen molar-refractivity contribution in [2.75, 3.05) is 0 Å². The molecule has 0 N–H and O–H groups in total. The normalized spacial score (nSPS) is 10.0. The summed E-state index contributed by atoms with van der Waals surface area (Å²) >= 11 is 0. The highest BCUT2D eigenvalue weighted by Crippen LogP contribution is 2.08. The molecule has 0 bridgehead atoms. The molecule has 1 nitrogen and oxygen atoms in total. The van der Waals surface area contributed by atoms with Gasteiger partial charge in [0.05, 0.1) is 6.26 Å². The lowest BCUT2D eigenvalue weighted by atomic mass is 10.1. The van der Waals surface area contributed by atoms with E-state index in [9.17, 15) is 0 Å². The minimum atomic E-state index is 0.900. The molecular weight excluding hydrogens is 148 g/mol. The first kappa shape index (κ1) is 7.17. The van der Waals surface area contributed by atoms with Crippen molar-refractivity contribution < 1.29 is 4.42 Å². The molecule has 0 aliphatic heterocycles. The Morgan fingerprint density at radius 2 is 1.92 bits per heavy atom. The number of rotatable bonds is 2. The fourth-order valence-electron chi connectivity index (χ4n) is 1.17. The first-order chi connectivity index (χ1) is 5.95. The first-order valence-electron chi connectivity index (χ1n) is 3.93. The molecule has 0 saturated carbocycles. The van der Waals surface area contributed by atoms with Gasteiger partial charge in [-0.05, 0) is 11.6 Å². The number of hydrogen-bond donors (Lipinski definition) is 0. The fraction of sp³-hybridized carbons (Fsp3) is 0.0909. The maximum atomic E-state index is 4.86. The van der Waals surface area contributed by atoms with Gasteiger partial charge in [-0.2, -0.15) is 0 Å². The molecule has 1 aromatic heterocycles. The van der Waals surface area contributed by atoms with E-state index in [0.29, 0.717) is 0 Å². The van der Waals surface area contributed by atoms with Crippen LogP contribution in [0.5, 0.6) is 0 Å². The third-order valence-corrected chi connectivity index (χ3v) is 1.76. The van der Waals surface area contributed by atoms with Gasteiger partial charge in [0, 0.05) is 12.0 Å². The van der Waals surface area contributed by atoms with E-state index in [2.05, 4.69) is 18.4 Å². The Labute approximate surface area is 71.6 Å². The summed E-state index contributed by atoms with van der Waals surface area (Å²) in [5.41, 5.74) is 2.39. The average Bonchev–Trinajstić information content (AvgIpc) is 2.59. The molecule has 0 saturated heterocycles. The molecule has 0 atom stereocenters. The van der Waals surface area contributed by atoms with Crippen LogP contribution in [0.25, 0.3) is 0 Å². The SMILES string of the molecule is [c]1occc1Cc1ccccc1. The number of benzene rings is 1. The van der Waals surface area contributed by atoms with Crippen LogP contribution in [-0.4, -0.2) is 0 Å². The summed E-state index contributed by atoms with van der Waals surface area (Å²) in [5.74, 6) is 0. The van der Waals surface area contributed by atoms with Gasteiger partial charge in [-0.3, -0.25) is 0 Å². The molecule has 1 heterocycles. The number of furan rings is 1. The Kier molecular flexibility index (Phi) is 1.95. The van der Waals surface area contributed by atoms with Gasteiger partial charge >= 0.3 is 0 Å². The third-order valence-electron chi connectivity index (χ3n) is 1.76.